The van der Waals surface area contributed by atoms with Gasteiger partial charge in [-0.05, 0) is 0 Å². The Hall–Kier alpha value is 3.46. The van der Waals surface area contributed by atoms with E-state index in [-0.39, 0.29) is 93.4 Å². The molecule has 6 N–H and O–H groups in total. The first-order valence-corrected chi connectivity index (χ1v) is 9.08. The largest absolute Gasteiger partial charge is 2.00 e. The van der Waals surface area contributed by atoms with Crippen LogP contribution in [0.5, 0.6) is 0 Å². The molecule has 0 aromatic heterocycles. The summed E-state index contributed by atoms with van der Waals surface area (Å²) < 4.78 is 50.9. The monoisotopic (exact) mass is 420 g/mol. The van der Waals surface area contributed by atoms with Crippen molar-refractivity contribution in [3.8, 4) is 0 Å². The molecule has 0 radical (unpaired) electrons. The minimum atomic E-state index is -5.77. The Kier molecular flexibility index (Phi) is 13.9. The average Bonchev–Trinajstić information content (AvgIpc) is 1.65. The molecular weight excluding hydrogens is 411 g/mol. The van der Waals surface area contributed by atoms with E-state index in [1.807, 2.05) is 0 Å². The second-order valence-electron chi connectivity index (χ2n) is 2.16. The van der Waals surface area contributed by atoms with E-state index in [1.165, 1.54) is 0 Å². The number of hydrogen-bond donors (Lipinski definition) is 6. The molecule has 0 bridgehead atoms. The van der Waals surface area contributed by atoms with Gasteiger partial charge in [-0.15, -0.1) is 0 Å². The normalized spacial score (nSPS) is 18.4. The van der Waals surface area contributed by atoms with E-state index in [0.717, 1.165) is 0 Å². The van der Waals surface area contributed by atoms with Gasteiger partial charge in [0.2, 0.25) is 0 Å². The fraction of sp³-hybridized carbons (Fsp3) is 0. The van der Waals surface area contributed by atoms with Crippen LogP contribution in [0.4, 0.5) is 0 Å². The van der Waals surface area contributed by atoms with Gasteiger partial charge in [-0.25, -0.2) is 18.3 Å². The van der Waals surface area contributed by atoms with E-state index in [9.17, 15) is 18.3 Å². The zero-order chi connectivity index (χ0) is 14.1. The van der Waals surface area contributed by atoms with Gasteiger partial charge >= 0.3 is 120 Å². The Morgan fingerprint density at radius 1 is 0.632 bits per heavy atom. The Balaban J connectivity index is -0.000000128. The molecule has 19 heteroatoms. The quantitative estimate of drug-likeness (QED) is 0.181. The molecule has 13 nitrogen and oxygen atoms in total. The van der Waals surface area contributed by atoms with E-state index in [0.29, 0.717) is 0 Å². The zero-order valence-electron chi connectivity index (χ0n) is 12.0. The second-order valence-corrected chi connectivity index (χ2v) is 7.96. The summed E-state index contributed by atoms with van der Waals surface area (Å²) in [4.78, 5) is 49.4. The van der Waals surface area contributed by atoms with E-state index < -0.39 is 31.3 Å². The predicted octanol–water partition coefficient (Wildman–Crippen LogP) is -3.62. The van der Waals surface area contributed by atoms with Gasteiger partial charge in [-0.1, -0.05) is 0 Å². The van der Waals surface area contributed by atoms with Crippen LogP contribution in [-0.4, -0.2) is 67.1 Å². The summed E-state index contributed by atoms with van der Waals surface area (Å²) in [6, 6.07) is 0. The Morgan fingerprint density at radius 3 is 1.00 bits per heavy atom. The summed E-state index contributed by atoms with van der Waals surface area (Å²) in [7, 11) is -22.6. The molecule has 0 aromatic carbocycles. The molecule has 0 heterocycles. The standard InChI is InChI=1S/Ca.K.H6O13P4.3H/c;;1-14(2,3)11-16(7,8)13-17(9,10)12-15(4,5)6;;;/h;;(H,7,8)(H,9,10)(H2,1,2,3)(H2,4,5,6);;;/q+2;+1;;3*-1. The van der Waals surface area contributed by atoms with Gasteiger partial charge in [0.25, 0.3) is 0 Å². The van der Waals surface area contributed by atoms with Gasteiger partial charge < -0.3 is 33.6 Å². The summed E-state index contributed by atoms with van der Waals surface area (Å²) >= 11 is 0. The SMILES string of the molecule is O=P(O)(O)OP(=O)(O)OP(=O)(O)OP(=O)(O)O.[Ca+2].[H-].[H-].[H-].[K+]. The van der Waals surface area contributed by atoms with Crippen LogP contribution in [0.2, 0.25) is 0 Å². The molecule has 0 aliphatic rings. The Morgan fingerprint density at radius 2 is 0.842 bits per heavy atom. The van der Waals surface area contributed by atoms with Gasteiger partial charge in [-0.2, -0.15) is 12.9 Å². The smallest absolute Gasteiger partial charge is 1.00 e. The van der Waals surface area contributed by atoms with Gasteiger partial charge in [0.1, 0.15) is 0 Å². The van der Waals surface area contributed by atoms with Crippen molar-refractivity contribution in [3.05, 3.63) is 0 Å². The minimum Gasteiger partial charge on any atom is -1.00 e. The van der Waals surface area contributed by atoms with Gasteiger partial charge in [0.15, 0.2) is 0 Å². The van der Waals surface area contributed by atoms with Crippen LogP contribution in [-0.2, 0) is 31.2 Å². The molecular formula is H9CaKO13P4. The van der Waals surface area contributed by atoms with E-state index in [1.54, 1.807) is 0 Å². The molecule has 0 aromatic rings. The molecule has 0 saturated carbocycles. The van der Waals surface area contributed by atoms with Crippen molar-refractivity contribution < 1.29 is 116 Å². The maximum Gasteiger partial charge on any atom is 2.00 e. The molecule has 110 valence electrons. The van der Waals surface area contributed by atoms with E-state index in [2.05, 4.69) is 12.9 Å². The first-order valence-electron chi connectivity index (χ1n) is 3.03. The van der Waals surface area contributed by atoms with Crippen molar-refractivity contribution in [2.24, 2.45) is 0 Å². The van der Waals surface area contributed by atoms with Crippen molar-refractivity contribution >= 4 is 69.0 Å². The molecule has 0 amide bonds. The van der Waals surface area contributed by atoms with Crippen LogP contribution in [0, 0.1) is 0 Å². The zero-order valence-corrected chi connectivity index (χ0v) is 17.9. The van der Waals surface area contributed by atoms with Crippen LogP contribution in [0.25, 0.3) is 0 Å². The summed E-state index contributed by atoms with van der Waals surface area (Å²) in [5, 5.41) is 0. The van der Waals surface area contributed by atoms with Crippen LogP contribution < -0.4 is 51.4 Å². The number of hydrogen-bond acceptors (Lipinski definition) is 7. The summed E-state index contributed by atoms with van der Waals surface area (Å²) in [6.45, 7) is 0. The topological polar surface area (TPSA) is 217 Å². The molecule has 2 atom stereocenters. The van der Waals surface area contributed by atoms with Crippen LogP contribution >= 0.6 is 31.3 Å². The summed E-state index contributed by atoms with van der Waals surface area (Å²) in [5.74, 6) is 0. The molecule has 0 spiro atoms. The van der Waals surface area contributed by atoms with Crippen molar-refractivity contribution in [1.82, 2.24) is 0 Å². The molecule has 0 aliphatic carbocycles. The summed E-state index contributed by atoms with van der Waals surface area (Å²) in [5.41, 5.74) is 0. The third-order valence-electron chi connectivity index (χ3n) is 0.625. The molecule has 0 fully saturated rings. The minimum absolute atomic E-state index is 0. The van der Waals surface area contributed by atoms with Crippen molar-refractivity contribution in [2.75, 3.05) is 0 Å². The molecule has 19 heavy (non-hydrogen) atoms. The maximum absolute atomic E-state index is 10.7. The maximum atomic E-state index is 10.7. The van der Waals surface area contributed by atoms with E-state index >= 15 is 0 Å². The van der Waals surface area contributed by atoms with Crippen LogP contribution in [0.15, 0.2) is 0 Å². The third-order valence-corrected chi connectivity index (χ3v) is 5.63. The van der Waals surface area contributed by atoms with Crippen LogP contribution in [0.3, 0.4) is 0 Å². The fourth-order valence-corrected chi connectivity index (χ4v) is 4.40. The van der Waals surface area contributed by atoms with Gasteiger partial charge in [0.05, 0.1) is 0 Å². The Labute approximate surface area is 182 Å². The van der Waals surface area contributed by atoms with Crippen LogP contribution in [0.1, 0.15) is 4.28 Å². The van der Waals surface area contributed by atoms with Crippen molar-refractivity contribution in [3.63, 3.8) is 0 Å². The number of phosphoric acid groups is 4. The number of rotatable bonds is 6. The molecule has 0 aliphatic heterocycles. The fourth-order valence-electron chi connectivity index (χ4n) is 0.429. The van der Waals surface area contributed by atoms with E-state index in [4.69, 9.17) is 29.4 Å². The molecule has 2 unspecified atom stereocenters. The van der Waals surface area contributed by atoms with Crippen molar-refractivity contribution in [2.45, 2.75) is 0 Å². The second kappa shape index (κ2) is 9.68. The summed E-state index contributed by atoms with van der Waals surface area (Å²) in [6.07, 6.45) is 0. The first kappa shape index (κ1) is 27.3. The van der Waals surface area contributed by atoms with Gasteiger partial charge in [-0.3, -0.25) is 0 Å². The Bertz CT molecular complexity index is 426. The molecule has 0 saturated heterocycles. The predicted molar refractivity (Wildman–Crippen MR) is 56.1 cm³/mol. The van der Waals surface area contributed by atoms with Crippen molar-refractivity contribution in [1.29, 1.82) is 0 Å². The molecule has 0 rings (SSSR count). The average molecular weight is 420 g/mol. The van der Waals surface area contributed by atoms with Gasteiger partial charge in [0, 0.05) is 0 Å². The first-order chi connectivity index (χ1) is 7.12. The third kappa shape index (κ3) is 17.6.